The van der Waals surface area contributed by atoms with E-state index < -0.39 is 5.97 Å². The number of nitrogens with one attached hydrogen (secondary N) is 1. The van der Waals surface area contributed by atoms with Crippen LogP contribution in [0.2, 0.25) is 5.02 Å². The summed E-state index contributed by atoms with van der Waals surface area (Å²) < 4.78 is 6.02. The molecule has 1 heterocycles. The number of esters is 1. The van der Waals surface area contributed by atoms with Crippen molar-refractivity contribution >= 4 is 51.0 Å². The van der Waals surface area contributed by atoms with Crippen LogP contribution >= 0.6 is 22.9 Å². The predicted molar refractivity (Wildman–Crippen MR) is 110 cm³/mol. The monoisotopic (exact) mass is 399 g/mol. The molecule has 1 aromatic heterocycles. The first-order valence-electron chi connectivity index (χ1n) is 8.46. The average molecular weight is 400 g/mol. The van der Waals surface area contributed by atoms with Crippen molar-refractivity contribution in [1.82, 2.24) is 5.32 Å². The van der Waals surface area contributed by atoms with Gasteiger partial charge in [-0.3, -0.25) is 4.79 Å². The quantitative estimate of drug-likeness (QED) is 0.471. The van der Waals surface area contributed by atoms with Gasteiger partial charge < -0.3 is 10.1 Å². The molecule has 1 amide bonds. The van der Waals surface area contributed by atoms with Crippen molar-refractivity contribution in [2.45, 2.75) is 6.42 Å². The molecule has 138 valence electrons. The van der Waals surface area contributed by atoms with E-state index in [1.807, 2.05) is 54.6 Å². The third-order valence-corrected chi connectivity index (χ3v) is 5.51. The summed E-state index contributed by atoms with van der Waals surface area (Å²) in [6.07, 6.45) is 3.63. The number of hydrogen-bond acceptors (Lipinski definition) is 4. The summed E-state index contributed by atoms with van der Waals surface area (Å²) in [5.74, 6) is -0.908. The van der Waals surface area contributed by atoms with E-state index in [-0.39, 0.29) is 12.5 Å². The Morgan fingerprint density at radius 3 is 2.59 bits per heavy atom. The lowest BCUT2D eigenvalue weighted by atomic mass is 10.1. The van der Waals surface area contributed by atoms with Crippen LogP contribution in [-0.4, -0.2) is 25.0 Å². The highest BCUT2D eigenvalue weighted by atomic mass is 35.5. The van der Waals surface area contributed by atoms with Gasteiger partial charge in [-0.05, 0) is 24.1 Å². The number of halogens is 1. The van der Waals surface area contributed by atoms with Crippen LogP contribution < -0.4 is 5.32 Å². The molecule has 3 aromatic rings. The number of ether oxygens (including phenoxy) is 1. The zero-order valence-corrected chi connectivity index (χ0v) is 16.1. The standard InChI is InChI=1S/C21H18ClNO3S/c22-21-16-8-4-5-9-17(16)27-18(21)10-11-20(25)26-14-19(24)23-13-12-15-6-2-1-3-7-15/h1-11H,12-14H2,(H,23,24)/b11-10+. The van der Waals surface area contributed by atoms with Crippen LogP contribution in [-0.2, 0) is 20.7 Å². The van der Waals surface area contributed by atoms with Gasteiger partial charge in [-0.1, -0.05) is 60.1 Å². The molecule has 1 N–H and O–H groups in total. The van der Waals surface area contributed by atoms with Gasteiger partial charge in [0.25, 0.3) is 5.91 Å². The van der Waals surface area contributed by atoms with Crippen molar-refractivity contribution in [2.75, 3.05) is 13.2 Å². The zero-order chi connectivity index (χ0) is 19.1. The van der Waals surface area contributed by atoms with Gasteiger partial charge in [0.1, 0.15) is 0 Å². The van der Waals surface area contributed by atoms with E-state index in [4.69, 9.17) is 16.3 Å². The molecule has 0 spiro atoms. The Morgan fingerprint density at radius 1 is 1.07 bits per heavy atom. The molecular formula is C21H18ClNO3S. The maximum Gasteiger partial charge on any atom is 0.331 e. The maximum absolute atomic E-state index is 11.8. The van der Waals surface area contributed by atoms with E-state index in [0.717, 1.165) is 26.9 Å². The Labute approximate surface area is 166 Å². The molecule has 0 saturated carbocycles. The first kappa shape index (κ1) is 19.1. The van der Waals surface area contributed by atoms with E-state index in [2.05, 4.69) is 5.32 Å². The van der Waals surface area contributed by atoms with Crippen LogP contribution in [0.1, 0.15) is 10.4 Å². The minimum Gasteiger partial charge on any atom is -0.452 e. The topological polar surface area (TPSA) is 55.4 Å². The lowest BCUT2D eigenvalue weighted by Gasteiger charge is -2.05. The van der Waals surface area contributed by atoms with Crippen LogP contribution in [0.4, 0.5) is 0 Å². The highest BCUT2D eigenvalue weighted by Gasteiger charge is 2.09. The maximum atomic E-state index is 11.8. The third kappa shape index (κ3) is 5.42. The van der Waals surface area contributed by atoms with E-state index in [0.29, 0.717) is 11.6 Å². The number of thiophene rings is 1. The Kier molecular flexibility index (Phi) is 6.63. The Bertz CT molecular complexity index is 966. The van der Waals surface area contributed by atoms with Gasteiger partial charge >= 0.3 is 5.97 Å². The second-order valence-electron chi connectivity index (χ2n) is 5.80. The number of carbonyl (C=O) groups excluding carboxylic acids is 2. The summed E-state index contributed by atoms with van der Waals surface area (Å²) in [6.45, 7) is 0.186. The Hall–Kier alpha value is -2.63. The van der Waals surface area contributed by atoms with Gasteiger partial charge in [-0.15, -0.1) is 11.3 Å². The van der Waals surface area contributed by atoms with Gasteiger partial charge in [0, 0.05) is 27.6 Å². The van der Waals surface area contributed by atoms with Gasteiger partial charge in [-0.2, -0.15) is 0 Å². The molecule has 0 saturated heterocycles. The van der Waals surface area contributed by atoms with E-state index in [9.17, 15) is 9.59 Å². The molecule has 27 heavy (non-hydrogen) atoms. The number of rotatable bonds is 7. The van der Waals surface area contributed by atoms with Crippen molar-refractivity contribution in [2.24, 2.45) is 0 Å². The number of amides is 1. The molecule has 0 bridgehead atoms. The average Bonchev–Trinajstić information content (AvgIpc) is 3.01. The van der Waals surface area contributed by atoms with Crippen LogP contribution in [0.25, 0.3) is 16.2 Å². The third-order valence-electron chi connectivity index (χ3n) is 3.85. The summed E-state index contributed by atoms with van der Waals surface area (Å²) in [6, 6.07) is 17.6. The number of hydrogen-bond donors (Lipinski definition) is 1. The molecule has 0 aliphatic rings. The number of carbonyl (C=O) groups is 2. The lowest BCUT2D eigenvalue weighted by Crippen LogP contribution is -2.30. The molecule has 6 heteroatoms. The molecule has 0 atom stereocenters. The Morgan fingerprint density at radius 2 is 1.81 bits per heavy atom. The zero-order valence-electron chi connectivity index (χ0n) is 14.5. The van der Waals surface area contributed by atoms with Crippen LogP contribution in [0.3, 0.4) is 0 Å². The van der Waals surface area contributed by atoms with Gasteiger partial charge in [0.05, 0.1) is 5.02 Å². The van der Waals surface area contributed by atoms with Crippen molar-refractivity contribution in [3.8, 4) is 0 Å². The molecule has 0 aliphatic carbocycles. The minimum absolute atomic E-state index is 0.307. The highest BCUT2D eigenvalue weighted by Crippen LogP contribution is 2.35. The normalized spacial score (nSPS) is 11.0. The van der Waals surface area contributed by atoms with Crippen LogP contribution in [0.15, 0.2) is 60.7 Å². The molecule has 4 nitrogen and oxygen atoms in total. The van der Waals surface area contributed by atoms with E-state index in [1.165, 1.54) is 17.4 Å². The van der Waals surface area contributed by atoms with Crippen LogP contribution in [0, 0.1) is 0 Å². The summed E-state index contributed by atoms with van der Waals surface area (Å²) in [7, 11) is 0. The van der Waals surface area contributed by atoms with Crippen LogP contribution in [0.5, 0.6) is 0 Å². The Balaban J connectivity index is 1.44. The summed E-state index contributed by atoms with van der Waals surface area (Å²) >= 11 is 7.81. The van der Waals surface area contributed by atoms with Crippen molar-refractivity contribution in [3.63, 3.8) is 0 Å². The molecule has 3 rings (SSSR count). The smallest absolute Gasteiger partial charge is 0.331 e. The lowest BCUT2D eigenvalue weighted by molar-refractivity contribution is -0.143. The molecule has 0 radical (unpaired) electrons. The highest BCUT2D eigenvalue weighted by molar-refractivity contribution is 7.20. The second-order valence-corrected chi connectivity index (χ2v) is 7.26. The number of fused-ring (bicyclic) bond motifs is 1. The summed E-state index contributed by atoms with van der Waals surface area (Å²) in [5.41, 5.74) is 1.14. The van der Waals surface area contributed by atoms with Gasteiger partial charge in [0.2, 0.25) is 0 Å². The first-order valence-corrected chi connectivity index (χ1v) is 9.65. The molecule has 0 aliphatic heterocycles. The summed E-state index contributed by atoms with van der Waals surface area (Å²) in [4.78, 5) is 24.3. The fourth-order valence-corrected chi connectivity index (χ4v) is 3.91. The molecular weight excluding hydrogens is 382 g/mol. The predicted octanol–water partition coefficient (Wildman–Crippen LogP) is 4.47. The largest absolute Gasteiger partial charge is 0.452 e. The van der Waals surface area contributed by atoms with Crippen molar-refractivity contribution in [1.29, 1.82) is 0 Å². The number of benzene rings is 2. The van der Waals surface area contributed by atoms with E-state index in [1.54, 1.807) is 6.08 Å². The molecule has 0 fully saturated rings. The van der Waals surface area contributed by atoms with Crippen molar-refractivity contribution in [3.05, 3.63) is 76.1 Å². The molecule has 2 aromatic carbocycles. The van der Waals surface area contributed by atoms with E-state index >= 15 is 0 Å². The molecule has 0 unspecified atom stereocenters. The first-order chi connectivity index (χ1) is 13.1. The summed E-state index contributed by atoms with van der Waals surface area (Å²) in [5, 5.41) is 4.29. The minimum atomic E-state index is -0.582. The van der Waals surface area contributed by atoms with Crippen molar-refractivity contribution < 1.29 is 14.3 Å². The fourth-order valence-electron chi connectivity index (χ4n) is 2.51. The van der Waals surface area contributed by atoms with Gasteiger partial charge in [0.15, 0.2) is 6.61 Å². The second kappa shape index (κ2) is 9.35. The fraction of sp³-hybridized carbons (Fsp3) is 0.143. The van der Waals surface area contributed by atoms with Gasteiger partial charge in [-0.25, -0.2) is 4.79 Å². The SMILES string of the molecule is O=C(COC(=O)/C=C/c1sc2ccccc2c1Cl)NCCc1ccccc1.